The van der Waals surface area contributed by atoms with Gasteiger partial charge in [0.25, 0.3) is 5.69 Å². The number of rotatable bonds is 5. The maximum atomic E-state index is 10.7. The molecule has 1 aromatic carbocycles. The van der Waals surface area contributed by atoms with Gasteiger partial charge in [-0.1, -0.05) is 24.2 Å². The summed E-state index contributed by atoms with van der Waals surface area (Å²) in [6.45, 7) is 3.47. The molecule has 0 spiro atoms. The summed E-state index contributed by atoms with van der Waals surface area (Å²) in [6.07, 6.45) is 0. The van der Waals surface area contributed by atoms with Crippen LogP contribution in [0.3, 0.4) is 0 Å². The summed E-state index contributed by atoms with van der Waals surface area (Å²) in [5, 5.41) is 17.7. The van der Waals surface area contributed by atoms with E-state index in [0.29, 0.717) is 17.9 Å². The van der Waals surface area contributed by atoms with Crippen LogP contribution in [0.5, 0.6) is 0 Å². The van der Waals surface area contributed by atoms with Crippen LogP contribution in [0.1, 0.15) is 12.6 Å². The zero-order valence-electron chi connectivity index (χ0n) is 9.92. The van der Waals surface area contributed by atoms with E-state index in [9.17, 15) is 10.1 Å². The molecule has 6 nitrogen and oxygen atoms in total. The first kappa shape index (κ1) is 12.3. The quantitative estimate of drug-likeness (QED) is 0.648. The lowest BCUT2D eigenvalue weighted by Crippen LogP contribution is -2.11. The Kier molecular flexibility index (Phi) is 3.69. The fraction of sp³-hybridized carbons (Fsp3) is 0.250. The van der Waals surface area contributed by atoms with E-state index in [2.05, 4.69) is 10.5 Å². The van der Waals surface area contributed by atoms with Gasteiger partial charge < -0.3 is 9.84 Å². The molecule has 1 heterocycles. The van der Waals surface area contributed by atoms with Crippen molar-refractivity contribution in [1.29, 1.82) is 0 Å². The molecule has 0 unspecified atom stereocenters. The lowest BCUT2D eigenvalue weighted by atomic mass is 10.1. The predicted octanol–water partition coefficient (Wildman–Crippen LogP) is 2.36. The topological polar surface area (TPSA) is 81.2 Å². The molecule has 0 aliphatic rings. The monoisotopic (exact) mass is 247 g/mol. The molecule has 0 fully saturated rings. The highest BCUT2D eigenvalue weighted by Crippen LogP contribution is 2.24. The van der Waals surface area contributed by atoms with Crippen LogP contribution in [0.15, 0.2) is 34.9 Å². The van der Waals surface area contributed by atoms with Crippen molar-refractivity contribution in [2.24, 2.45) is 0 Å². The fourth-order valence-electron chi connectivity index (χ4n) is 1.56. The standard InChI is InChI=1S/C12H13N3O3/c1-2-13-8-10-7-12(18-14-10)9-4-3-5-11(6-9)15(16)17/h3-7,13H,2,8H2,1H3. The number of nitro groups is 1. The highest BCUT2D eigenvalue weighted by Gasteiger charge is 2.11. The fourth-order valence-corrected chi connectivity index (χ4v) is 1.56. The summed E-state index contributed by atoms with van der Waals surface area (Å²) < 4.78 is 5.17. The van der Waals surface area contributed by atoms with Gasteiger partial charge in [0.15, 0.2) is 5.76 Å². The van der Waals surface area contributed by atoms with Crippen molar-refractivity contribution in [1.82, 2.24) is 10.5 Å². The van der Waals surface area contributed by atoms with Gasteiger partial charge in [0.05, 0.1) is 10.6 Å². The lowest BCUT2D eigenvalue weighted by molar-refractivity contribution is -0.384. The van der Waals surface area contributed by atoms with Gasteiger partial charge in [-0.3, -0.25) is 10.1 Å². The predicted molar refractivity (Wildman–Crippen MR) is 66.0 cm³/mol. The summed E-state index contributed by atoms with van der Waals surface area (Å²) in [7, 11) is 0. The third-order valence-corrected chi connectivity index (χ3v) is 2.46. The molecule has 0 bridgehead atoms. The van der Waals surface area contributed by atoms with Gasteiger partial charge in [-0.15, -0.1) is 0 Å². The number of aromatic nitrogens is 1. The molecule has 0 aliphatic carbocycles. The van der Waals surface area contributed by atoms with Gasteiger partial charge in [0.1, 0.15) is 0 Å². The Morgan fingerprint density at radius 1 is 1.44 bits per heavy atom. The summed E-state index contributed by atoms with van der Waals surface area (Å²) in [5.74, 6) is 0.534. The second-order valence-corrected chi connectivity index (χ2v) is 3.77. The number of non-ortho nitro benzene ring substituents is 1. The minimum atomic E-state index is -0.431. The van der Waals surface area contributed by atoms with E-state index in [0.717, 1.165) is 12.2 Å². The van der Waals surface area contributed by atoms with E-state index in [4.69, 9.17) is 4.52 Å². The van der Waals surface area contributed by atoms with Crippen LogP contribution in [0, 0.1) is 10.1 Å². The van der Waals surface area contributed by atoms with Gasteiger partial charge in [-0.05, 0) is 6.54 Å². The SMILES string of the molecule is CCNCc1cc(-c2cccc([N+](=O)[O-])c2)on1. The highest BCUT2D eigenvalue weighted by molar-refractivity contribution is 5.60. The van der Waals surface area contributed by atoms with Crippen LogP contribution in [-0.4, -0.2) is 16.6 Å². The summed E-state index contributed by atoms with van der Waals surface area (Å²) in [6, 6.07) is 8.07. The van der Waals surface area contributed by atoms with Crippen LogP contribution >= 0.6 is 0 Å². The number of nitrogens with zero attached hydrogens (tertiary/aromatic N) is 2. The molecule has 1 N–H and O–H groups in total. The third kappa shape index (κ3) is 2.72. The molecular formula is C12H13N3O3. The largest absolute Gasteiger partial charge is 0.356 e. The molecule has 0 radical (unpaired) electrons. The van der Waals surface area contributed by atoms with Crippen molar-refractivity contribution in [2.45, 2.75) is 13.5 Å². The van der Waals surface area contributed by atoms with Gasteiger partial charge >= 0.3 is 0 Å². The molecule has 94 valence electrons. The molecule has 0 atom stereocenters. The Balaban J connectivity index is 2.23. The van der Waals surface area contributed by atoms with Crippen LogP contribution in [0.2, 0.25) is 0 Å². The first-order valence-electron chi connectivity index (χ1n) is 5.62. The van der Waals surface area contributed by atoms with Crippen molar-refractivity contribution in [3.63, 3.8) is 0 Å². The molecule has 6 heteroatoms. The number of hydrogen-bond donors (Lipinski definition) is 1. The average molecular weight is 247 g/mol. The van der Waals surface area contributed by atoms with E-state index in [1.165, 1.54) is 12.1 Å². The van der Waals surface area contributed by atoms with Crippen molar-refractivity contribution in [2.75, 3.05) is 6.54 Å². The Morgan fingerprint density at radius 3 is 3.00 bits per heavy atom. The van der Waals surface area contributed by atoms with E-state index < -0.39 is 4.92 Å². The minimum absolute atomic E-state index is 0.0390. The average Bonchev–Trinajstić information content (AvgIpc) is 2.85. The normalized spacial score (nSPS) is 10.5. The zero-order valence-corrected chi connectivity index (χ0v) is 9.92. The van der Waals surface area contributed by atoms with Crippen LogP contribution in [-0.2, 0) is 6.54 Å². The Labute approximate surface area is 104 Å². The molecule has 18 heavy (non-hydrogen) atoms. The Hall–Kier alpha value is -2.21. The number of benzene rings is 1. The zero-order chi connectivity index (χ0) is 13.0. The summed E-state index contributed by atoms with van der Waals surface area (Å²) in [5.41, 5.74) is 1.47. The third-order valence-electron chi connectivity index (χ3n) is 2.46. The molecule has 2 aromatic rings. The Morgan fingerprint density at radius 2 is 2.28 bits per heavy atom. The maximum absolute atomic E-state index is 10.7. The first-order valence-corrected chi connectivity index (χ1v) is 5.62. The second kappa shape index (κ2) is 5.42. The summed E-state index contributed by atoms with van der Waals surface area (Å²) >= 11 is 0. The highest BCUT2D eigenvalue weighted by atomic mass is 16.6. The summed E-state index contributed by atoms with van der Waals surface area (Å²) in [4.78, 5) is 10.2. The maximum Gasteiger partial charge on any atom is 0.270 e. The second-order valence-electron chi connectivity index (χ2n) is 3.77. The number of nitrogens with one attached hydrogen (secondary N) is 1. The smallest absolute Gasteiger partial charge is 0.270 e. The molecule has 0 saturated heterocycles. The Bertz CT molecular complexity index is 551. The van der Waals surface area contributed by atoms with Gasteiger partial charge in [0, 0.05) is 30.3 Å². The lowest BCUT2D eigenvalue weighted by Gasteiger charge is -1.95. The molecule has 1 aromatic heterocycles. The minimum Gasteiger partial charge on any atom is -0.356 e. The molecule has 2 rings (SSSR count). The molecule has 0 saturated carbocycles. The number of hydrogen-bond acceptors (Lipinski definition) is 5. The number of nitro benzene ring substituents is 1. The van der Waals surface area contributed by atoms with Gasteiger partial charge in [0.2, 0.25) is 0 Å². The van der Waals surface area contributed by atoms with Crippen LogP contribution in [0.4, 0.5) is 5.69 Å². The van der Waals surface area contributed by atoms with Gasteiger partial charge in [-0.25, -0.2) is 0 Å². The van der Waals surface area contributed by atoms with Crippen molar-refractivity contribution in [3.8, 4) is 11.3 Å². The van der Waals surface area contributed by atoms with Crippen molar-refractivity contribution < 1.29 is 9.45 Å². The van der Waals surface area contributed by atoms with E-state index >= 15 is 0 Å². The van der Waals surface area contributed by atoms with Crippen LogP contribution < -0.4 is 5.32 Å². The van der Waals surface area contributed by atoms with Crippen LogP contribution in [0.25, 0.3) is 11.3 Å². The molecule has 0 amide bonds. The van der Waals surface area contributed by atoms with E-state index in [1.54, 1.807) is 18.2 Å². The molecule has 0 aliphatic heterocycles. The van der Waals surface area contributed by atoms with E-state index in [-0.39, 0.29) is 5.69 Å². The molecular weight excluding hydrogens is 234 g/mol. The first-order chi connectivity index (χ1) is 8.70. The van der Waals surface area contributed by atoms with Gasteiger partial charge in [-0.2, -0.15) is 0 Å². The van der Waals surface area contributed by atoms with Crippen molar-refractivity contribution >= 4 is 5.69 Å². The van der Waals surface area contributed by atoms with Crippen molar-refractivity contribution in [3.05, 3.63) is 46.1 Å². The van der Waals surface area contributed by atoms with E-state index in [1.807, 2.05) is 6.92 Å².